The molecule has 2 bridgehead atoms. The number of fused-ring (bicyclic) bond motifs is 4. The number of aromatic nitrogens is 2. The fraction of sp³-hybridized carbons (Fsp3) is 0.478. The van der Waals surface area contributed by atoms with Crippen LogP contribution >= 0.6 is 0 Å². The zero-order valence-corrected chi connectivity index (χ0v) is 18.7. The third-order valence-electron chi connectivity index (χ3n) is 6.27. The molecule has 2 atom stereocenters. The summed E-state index contributed by atoms with van der Waals surface area (Å²) in [7, 11) is 0. The Kier molecular flexibility index (Phi) is 6.20. The van der Waals surface area contributed by atoms with Crippen LogP contribution in [0.2, 0.25) is 0 Å². The summed E-state index contributed by atoms with van der Waals surface area (Å²) in [5.41, 5.74) is 1.11. The minimum atomic E-state index is -0.997. The van der Waals surface area contributed by atoms with Gasteiger partial charge in [-0.2, -0.15) is 0 Å². The van der Waals surface area contributed by atoms with Crippen LogP contribution in [-0.4, -0.2) is 77.1 Å². The van der Waals surface area contributed by atoms with E-state index in [-0.39, 0.29) is 30.1 Å². The van der Waals surface area contributed by atoms with Crippen molar-refractivity contribution in [3.8, 4) is 5.75 Å². The number of carbonyl (C=O) groups excluding carboxylic acids is 2. The Morgan fingerprint density at radius 3 is 2.88 bits per heavy atom. The highest BCUT2D eigenvalue weighted by Gasteiger charge is 2.40. The number of hydrogen-bond donors (Lipinski definition) is 4. The topological polar surface area (TPSA) is 140 Å². The quantitative estimate of drug-likeness (QED) is 0.450. The second kappa shape index (κ2) is 9.43. The summed E-state index contributed by atoms with van der Waals surface area (Å²) in [6, 6.07) is 6.25. The minimum Gasteiger partial charge on any atom is -0.491 e. The summed E-state index contributed by atoms with van der Waals surface area (Å²) in [6.45, 7) is 1.67. The molecule has 180 valence electrons. The highest BCUT2D eigenvalue weighted by Crippen LogP contribution is 2.39. The molecule has 2 aliphatic heterocycles. The summed E-state index contributed by atoms with van der Waals surface area (Å²) in [5.74, 6) is 1.46. The Balaban J connectivity index is 1.34. The van der Waals surface area contributed by atoms with Gasteiger partial charge in [-0.25, -0.2) is 14.8 Å². The Bertz CT molecular complexity index is 1080. The molecule has 2 aromatic heterocycles. The zero-order chi connectivity index (χ0) is 23.7. The second-order valence-electron chi connectivity index (χ2n) is 8.91. The number of ether oxygens (including phenoxy) is 1. The summed E-state index contributed by atoms with van der Waals surface area (Å²) in [6.07, 6.45) is 3.57. The van der Waals surface area contributed by atoms with Gasteiger partial charge in [-0.15, -0.1) is 0 Å². The molecule has 2 aromatic rings. The molecule has 0 aromatic carbocycles. The first kappa shape index (κ1) is 22.4. The maximum absolute atomic E-state index is 13.3. The van der Waals surface area contributed by atoms with E-state index in [9.17, 15) is 14.7 Å². The van der Waals surface area contributed by atoms with Crippen molar-refractivity contribution in [2.45, 2.75) is 31.4 Å². The van der Waals surface area contributed by atoms with Crippen LogP contribution in [0.3, 0.4) is 0 Å². The van der Waals surface area contributed by atoms with Crippen LogP contribution in [0.25, 0.3) is 0 Å². The molecule has 0 radical (unpaired) electrons. The van der Waals surface area contributed by atoms with Gasteiger partial charge in [-0.05, 0) is 43.4 Å². The third kappa shape index (κ3) is 4.75. The van der Waals surface area contributed by atoms with Gasteiger partial charge < -0.3 is 25.2 Å². The van der Waals surface area contributed by atoms with Gasteiger partial charge in [0.15, 0.2) is 5.82 Å². The number of urea groups is 1. The number of anilines is 3. The van der Waals surface area contributed by atoms with E-state index < -0.39 is 18.7 Å². The fourth-order valence-corrected chi connectivity index (χ4v) is 4.23. The number of pyridine rings is 2. The molecule has 2 fully saturated rings. The van der Waals surface area contributed by atoms with E-state index in [0.717, 1.165) is 31.5 Å². The number of nitrogens with zero attached hydrogens (tertiary/aromatic N) is 4. The molecular weight excluding hydrogens is 440 g/mol. The van der Waals surface area contributed by atoms with Crippen LogP contribution in [0.4, 0.5) is 22.1 Å². The maximum Gasteiger partial charge on any atom is 0.329 e. The van der Waals surface area contributed by atoms with Crippen LogP contribution in [0.15, 0.2) is 30.5 Å². The maximum atomic E-state index is 13.3. The van der Waals surface area contributed by atoms with Crippen LogP contribution in [-0.2, 0) is 0 Å². The van der Waals surface area contributed by atoms with Crippen molar-refractivity contribution in [2.75, 3.05) is 48.0 Å². The van der Waals surface area contributed by atoms with Crippen molar-refractivity contribution in [3.05, 3.63) is 36.2 Å². The first-order chi connectivity index (χ1) is 16.5. The zero-order valence-electron chi connectivity index (χ0n) is 18.7. The lowest BCUT2D eigenvalue weighted by Gasteiger charge is -2.35. The van der Waals surface area contributed by atoms with E-state index in [4.69, 9.17) is 9.84 Å². The predicted molar refractivity (Wildman–Crippen MR) is 124 cm³/mol. The number of aliphatic hydroxyl groups excluding tert-OH is 2. The molecule has 34 heavy (non-hydrogen) atoms. The number of hydrogen-bond acceptors (Lipinski definition) is 8. The molecular formula is C23H28N6O5. The van der Waals surface area contributed by atoms with Crippen LogP contribution in [0.1, 0.15) is 29.8 Å². The molecule has 5 rings (SSSR count). The monoisotopic (exact) mass is 468 g/mol. The summed E-state index contributed by atoms with van der Waals surface area (Å²) < 4.78 is 5.44. The average molecular weight is 469 g/mol. The van der Waals surface area contributed by atoms with Gasteiger partial charge in [-0.1, -0.05) is 0 Å². The van der Waals surface area contributed by atoms with Crippen molar-refractivity contribution in [1.82, 2.24) is 15.3 Å². The van der Waals surface area contributed by atoms with Crippen molar-refractivity contribution in [1.29, 1.82) is 0 Å². The molecule has 4 N–H and O–H groups in total. The molecule has 3 amide bonds. The molecule has 11 nitrogen and oxygen atoms in total. The van der Waals surface area contributed by atoms with Crippen molar-refractivity contribution in [2.24, 2.45) is 5.92 Å². The Labute approximate surface area is 196 Å². The first-order valence-electron chi connectivity index (χ1n) is 11.5. The summed E-state index contributed by atoms with van der Waals surface area (Å²) in [4.78, 5) is 38.5. The van der Waals surface area contributed by atoms with E-state index in [2.05, 4.69) is 25.5 Å². The second-order valence-corrected chi connectivity index (χ2v) is 8.91. The van der Waals surface area contributed by atoms with Crippen molar-refractivity contribution in [3.63, 3.8) is 0 Å². The van der Waals surface area contributed by atoms with Gasteiger partial charge in [0.1, 0.15) is 30.0 Å². The van der Waals surface area contributed by atoms with E-state index in [1.165, 1.54) is 6.20 Å². The molecule has 4 heterocycles. The highest BCUT2D eigenvalue weighted by atomic mass is 16.5. The van der Waals surface area contributed by atoms with Gasteiger partial charge in [0, 0.05) is 31.9 Å². The summed E-state index contributed by atoms with van der Waals surface area (Å²) in [5, 5.41) is 24.1. The SMILES string of the molecule is O=C(NCC1CC1)c1ccc2c(n1)N(C(=O)Nc1cc(OC[C@H](O)CO)ccn1)[C@H]1CCN2C1. The molecule has 1 aliphatic carbocycles. The van der Waals surface area contributed by atoms with Crippen LogP contribution < -0.4 is 25.2 Å². The molecule has 11 heteroatoms. The van der Waals surface area contributed by atoms with Gasteiger partial charge in [-0.3, -0.25) is 15.0 Å². The number of aliphatic hydroxyl groups is 2. The first-order valence-corrected chi connectivity index (χ1v) is 11.5. The van der Waals surface area contributed by atoms with Gasteiger partial charge in [0.2, 0.25) is 0 Å². The fourth-order valence-electron chi connectivity index (χ4n) is 4.23. The highest BCUT2D eigenvalue weighted by molar-refractivity contribution is 6.05. The minimum absolute atomic E-state index is 0.0658. The standard InChI is InChI=1S/C23H28N6O5/c30-12-16(31)13-34-17-5-7-24-20(9-17)27-23(33)29-15-6-8-28(11-15)19-4-3-18(26-21(19)29)22(32)25-10-14-1-2-14/h3-5,7,9,14-16,30-31H,1-2,6,8,10-13H2,(H,25,32)(H,24,27,33)/t15-,16+/m0/s1. The molecule has 1 saturated carbocycles. The predicted octanol–water partition coefficient (Wildman–Crippen LogP) is 0.979. The number of rotatable bonds is 8. The van der Waals surface area contributed by atoms with Crippen molar-refractivity contribution < 1.29 is 24.5 Å². The third-order valence-corrected chi connectivity index (χ3v) is 6.27. The van der Waals surface area contributed by atoms with E-state index in [1.807, 2.05) is 6.07 Å². The van der Waals surface area contributed by atoms with E-state index >= 15 is 0 Å². The largest absolute Gasteiger partial charge is 0.491 e. The normalized spacial score (nSPS) is 19.4. The Hall–Kier alpha value is -3.44. The van der Waals surface area contributed by atoms with Gasteiger partial charge in [0.25, 0.3) is 5.91 Å². The van der Waals surface area contributed by atoms with E-state index in [0.29, 0.717) is 30.6 Å². The smallest absolute Gasteiger partial charge is 0.329 e. The van der Waals surface area contributed by atoms with Crippen LogP contribution in [0, 0.1) is 5.92 Å². The lowest BCUT2D eigenvalue weighted by Crippen LogP contribution is -2.48. The van der Waals surface area contributed by atoms with Gasteiger partial charge in [0.05, 0.1) is 18.3 Å². The molecule has 1 saturated heterocycles. The Morgan fingerprint density at radius 1 is 1.24 bits per heavy atom. The molecule has 0 spiro atoms. The molecule has 3 aliphatic rings. The Morgan fingerprint density at radius 2 is 2.09 bits per heavy atom. The summed E-state index contributed by atoms with van der Waals surface area (Å²) >= 11 is 0. The average Bonchev–Trinajstić information content (AvgIpc) is 3.60. The number of amides is 3. The van der Waals surface area contributed by atoms with Crippen molar-refractivity contribution >= 4 is 29.3 Å². The number of carbonyl (C=O) groups is 2. The lowest BCUT2D eigenvalue weighted by atomic mass is 10.1. The number of nitrogens with one attached hydrogen (secondary N) is 2. The van der Waals surface area contributed by atoms with Gasteiger partial charge >= 0.3 is 6.03 Å². The molecule has 0 unspecified atom stereocenters. The van der Waals surface area contributed by atoms with E-state index in [1.54, 1.807) is 23.1 Å². The lowest BCUT2D eigenvalue weighted by molar-refractivity contribution is 0.0536. The van der Waals surface area contributed by atoms with Crippen LogP contribution in [0.5, 0.6) is 5.75 Å².